The van der Waals surface area contributed by atoms with Crippen molar-refractivity contribution in [2.75, 3.05) is 5.32 Å². The summed E-state index contributed by atoms with van der Waals surface area (Å²) < 4.78 is 0. The first-order valence-corrected chi connectivity index (χ1v) is 7.13. The summed E-state index contributed by atoms with van der Waals surface area (Å²) in [7, 11) is 0. The fourth-order valence-electron chi connectivity index (χ4n) is 1.93. The minimum absolute atomic E-state index is 0.102. The number of anilines is 1. The van der Waals surface area contributed by atoms with Crippen LogP contribution in [0.4, 0.5) is 5.69 Å². The molecule has 0 bridgehead atoms. The summed E-state index contributed by atoms with van der Waals surface area (Å²) in [5.74, 6) is 0.0731. The monoisotopic (exact) mass is 321 g/mol. The number of aromatic nitrogens is 2. The van der Waals surface area contributed by atoms with Crippen LogP contribution in [0.5, 0.6) is 0 Å². The minimum atomic E-state index is -0.456. The van der Waals surface area contributed by atoms with Crippen LogP contribution in [0, 0.1) is 0 Å². The molecular formula is C15H16ClN3O3. The van der Waals surface area contributed by atoms with E-state index in [1.807, 2.05) is 6.92 Å². The molecule has 0 aliphatic heterocycles. The quantitative estimate of drug-likeness (QED) is 0.782. The lowest BCUT2D eigenvalue weighted by Gasteiger charge is -2.10. The molecule has 1 heterocycles. The molecule has 0 unspecified atom stereocenters. The Morgan fingerprint density at radius 3 is 2.64 bits per heavy atom. The first-order valence-electron chi connectivity index (χ1n) is 6.75. The summed E-state index contributed by atoms with van der Waals surface area (Å²) in [6.07, 6.45) is 1.99. The van der Waals surface area contributed by atoms with E-state index in [0.29, 0.717) is 29.1 Å². The van der Waals surface area contributed by atoms with E-state index in [-0.39, 0.29) is 23.9 Å². The maximum atomic E-state index is 12.3. The lowest BCUT2D eigenvalue weighted by molar-refractivity contribution is 0.102. The van der Waals surface area contributed by atoms with Gasteiger partial charge in [0, 0.05) is 12.1 Å². The second-order valence-electron chi connectivity index (χ2n) is 4.59. The minimum Gasteiger partial charge on any atom is -0.392 e. The standard InChI is InChI=1S/C15H16ClN3O3/c1-2-13-17-6-12(16)14(19-13)15(22)18-11-4-3-9(7-20)10(5-11)8-21/h3-6,20-21H,2,7-8H2,1H3,(H,18,22). The van der Waals surface area contributed by atoms with Crippen LogP contribution in [0.2, 0.25) is 5.02 Å². The predicted molar refractivity (Wildman–Crippen MR) is 82.7 cm³/mol. The van der Waals surface area contributed by atoms with E-state index in [1.165, 1.54) is 6.20 Å². The first kappa shape index (κ1) is 16.4. The number of carbonyl (C=O) groups excluding carboxylic acids is 1. The van der Waals surface area contributed by atoms with Crippen molar-refractivity contribution in [3.05, 3.63) is 52.1 Å². The van der Waals surface area contributed by atoms with Gasteiger partial charge in [0.15, 0.2) is 5.69 Å². The van der Waals surface area contributed by atoms with E-state index in [4.69, 9.17) is 16.7 Å². The van der Waals surface area contributed by atoms with Gasteiger partial charge in [0.05, 0.1) is 24.4 Å². The summed E-state index contributed by atoms with van der Waals surface area (Å²) in [5, 5.41) is 21.3. The molecular weight excluding hydrogens is 306 g/mol. The van der Waals surface area contributed by atoms with Gasteiger partial charge in [0.25, 0.3) is 5.91 Å². The van der Waals surface area contributed by atoms with Gasteiger partial charge in [-0.05, 0) is 23.3 Å². The van der Waals surface area contributed by atoms with Gasteiger partial charge in [0.2, 0.25) is 0 Å². The zero-order chi connectivity index (χ0) is 16.1. The van der Waals surface area contributed by atoms with Crippen LogP contribution in [0.15, 0.2) is 24.4 Å². The van der Waals surface area contributed by atoms with Crippen molar-refractivity contribution >= 4 is 23.2 Å². The highest BCUT2D eigenvalue weighted by atomic mass is 35.5. The Bertz CT molecular complexity index is 692. The van der Waals surface area contributed by atoms with E-state index >= 15 is 0 Å². The van der Waals surface area contributed by atoms with Crippen molar-refractivity contribution in [2.24, 2.45) is 0 Å². The number of aliphatic hydroxyl groups excluding tert-OH is 2. The molecule has 1 aromatic carbocycles. The number of nitrogens with zero attached hydrogens (tertiary/aromatic N) is 2. The van der Waals surface area contributed by atoms with Crippen LogP contribution in [-0.2, 0) is 19.6 Å². The van der Waals surface area contributed by atoms with Gasteiger partial charge in [0.1, 0.15) is 5.82 Å². The maximum Gasteiger partial charge on any atom is 0.275 e. The summed E-state index contributed by atoms with van der Waals surface area (Å²) >= 11 is 5.96. The van der Waals surface area contributed by atoms with Crippen molar-refractivity contribution < 1.29 is 15.0 Å². The summed E-state index contributed by atoms with van der Waals surface area (Å²) in [5.41, 5.74) is 1.74. The van der Waals surface area contributed by atoms with Gasteiger partial charge >= 0.3 is 0 Å². The SMILES string of the molecule is CCc1ncc(Cl)c(C(=O)Nc2ccc(CO)c(CO)c2)n1. The van der Waals surface area contributed by atoms with Gasteiger partial charge in [-0.15, -0.1) is 0 Å². The zero-order valence-corrected chi connectivity index (χ0v) is 12.8. The molecule has 116 valence electrons. The number of rotatable bonds is 5. The number of benzene rings is 1. The van der Waals surface area contributed by atoms with E-state index in [1.54, 1.807) is 18.2 Å². The Hall–Kier alpha value is -2.02. The van der Waals surface area contributed by atoms with Crippen LogP contribution in [0.25, 0.3) is 0 Å². The molecule has 0 saturated heterocycles. The molecule has 0 radical (unpaired) electrons. The number of aliphatic hydroxyl groups is 2. The smallest absolute Gasteiger partial charge is 0.275 e. The average Bonchev–Trinajstić information content (AvgIpc) is 2.55. The molecule has 0 fully saturated rings. The largest absolute Gasteiger partial charge is 0.392 e. The molecule has 0 saturated carbocycles. The van der Waals surface area contributed by atoms with Gasteiger partial charge in [-0.25, -0.2) is 9.97 Å². The van der Waals surface area contributed by atoms with Gasteiger partial charge in [-0.3, -0.25) is 4.79 Å². The maximum absolute atomic E-state index is 12.3. The number of hydrogen-bond acceptors (Lipinski definition) is 5. The molecule has 0 atom stereocenters. The molecule has 1 amide bonds. The van der Waals surface area contributed by atoms with E-state index in [0.717, 1.165) is 0 Å². The topological polar surface area (TPSA) is 95.3 Å². The highest BCUT2D eigenvalue weighted by Gasteiger charge is 2.14. The molecule has 22 heavy (non-hydrogen) atoms. The molecule has 0 spiro atoms. The van der Waals surface area contributed by atoms with E-state index in [9.17, 15) is 9.90 Å². The fourth-order valence-corrected chi connectivity index (χ4v) is 2.11. The van der Waals surface area contributed by atoms with Crippen molar-refractivity contribution in [1.29, 1.82) is 0 Å². The van der Waals surface area contributed by atoms with Crippen molar-refractivity contribution in [1.82, 2.24) is 9.97 Å². The third-order valence-corrected chi connectivity index (χ3v) is 3.41. The molecule has 2 rings (SSSR count). The lowest BCUT2D eigenvalue weighted by atomic mass is 10.1. The molecule has 0 aliphatic rings. The van der Waals surface area contributed by atoms with Crippen molar-refractivity contribution in [3.63, 3.8) is 0 Å². The number of amides is 1. The number of nitrogens with one attached hydrogen (secondary N) is 1. The van der Waals surface area contributed by atoms with Gasteiger partial charge in [-0.1, -0.05) is 24.6 Å². The van der Waals surface area contributed by atoms with E-state index in [2.05, 4.69) is 15.3 Å². The zero-order valence-electron chi connectivity index (χ0n) is 12.0. The summed E-state index contributed by atoms with van der Waals surface area (Å²) in [6.45, 7) is 1.47. The molecule has 7 heteroatoms. The van der Waals surface area contributed by atoms with E-state index < -0.39 is 5.91 Å². The molecule has 0 aliphatic carbocycles. The van der Waals surface area contributed by atoms with Crippen LogP contribution in [0.3, 0.4) is 0 Å². The van der Waals surface area contributed by atoms with Gasteiger partial charge in [-0.2, -0.15) is 0 Å². The highest BCUT2D eigenvalue weighted by molar-refractivity contribution is 6.33. The lowest BCUT2D eigenvalue weighted by Crippen LogP contribution is -2.16. The van der Waals surface area contributed by atoms with Crippen LogP contribution in [-0.4, -0.2) is 26.1 Å². The average molecular weight is 322 g/mol. The third-order valence-electron chi connectivity index (χ3n) is 3.13. The predicted octanol–water partition coefficient (Wildman–Crippen LogP) is 1.93. The van der Waals surface area contributed by atoms with Crippen molar-refractivity contribution in [2.45, 2.75) is 26.6 Å². The fraction of sp³-hybridized carbons (Fsp3) is 0.267. The third kappa shape index (κ3) is 3.59. The van der Waals surface area contributed by atoms with Crippen LogP contribution >= 0.6 is 11.6 Å². The Labute approximate surface area is 132 Å². The number of hydrogen-bond donors (Lipinski definition) is 3. The molecule has 3 N–H and O–H groups in total. The molecule has 1 aromatic heterocycles. The molecule has 6 nitrogen and oxygen atoms in total. The first-order chi connectivity index (χ1) is 10.6. The van der Waals surface area contributed by atoms with Crippen LogP contribution < -0.4 is 5.32 Å². The second kappa shape index (κ2) is 7.31. The Kier molecular flexibility index (Phi) is 5.43. The summed E-state index contributed by atoms with van der Waals surface area (Å²) in [6, 6.07) is 4.87. The van der Waals surface area contributed by atoms with Crippen LogP contribution in [0.1, 0.15) is 34.4 Å². The Balaban J connectivity index is 2.25. The number of carbonyl (C=O) groups is 1. The van der Waals surface area contributed by atoms with Gasteiger partial charge < -0.3 is 15.5 Å². The molecule has 2 aromatic rings. The Morgan fingerprint density at radius 2 is 2.00 bits per heavy atom. The summed E-state index contributed by atoms with van der Waals surface area (Å²) in [4.78, 5) is 20.4. The van der Waals surface area contributed by atoms with Crippen molar-refractivity contribution in [3.8, 4) is 0 Å². The highest BCUT2D eigenvalue weighted by Crippen LogP contribution is 2.19. The Morgan fingerprint density at radius 1 is 1.27 bits per heavy atom. The second-order valence-corrected chi connectivity index (χ2v) is 5.00. The number of halogens is 1. The normalized spacial score (nSPS) is 10.5. The number of aryl methyl sites for hydroxylation is 1.